The van der Waals surface area contributed by atoms with Crippen molar-refractivity contribution in [2.45, 2.75) is 19.8 Å². The first kappa shape index (κ1) is 12.1. The van der Waals surface area contributed by atoms with E-state index in [1.807, 2.05) is 0 Å². The molecule has 0 atom stereocenters. The van der Waals surface area contributed by atoms with Crippen LogP contribution in [-0.4, -0.2) is 20.5 Å². The second-order valence-electron chi connectivity index (χ2n) is 3.70. The van der Waals surface area contributed by atoms with Crippen LogP contribution < -0.4 is 16.2 Å². The van der Waals surface area contributed by atoms with Gasteiger partial charge in [-0.15, -0.1) is 0 Å². The predicted octanol–water partition coefficient (Wildman–Crippen LogP) is -0.556. The maximum Gasteiger partial charge on any atom is 0.457 e. The molecule has 2 rings (SSSR count). The van der Waals surface area contributed by atoms with Gasteiger partial charge in [0.1, 0.15) is 5.39 Å². The van der Waals surface area contributed by atoms with Crippen LogP contribution >= 0.6 is 0 Å². The van der Waals surface area contributed by atoms with E-state index >= 15 is 0 Å². The van der Waals surface area contributed by atoms with E-state index in [1.165, 1.54) is 10.9 Å². The molecule has 0 aliphatic carbocycles. The van der Waals surface area contributed by atoms with Crippen LogP contribution in [0.2, 0.25) is 0 Å². The third-order valence-electron chi connectivity index (χ3n) is 2.21. The zero-order valence-electron chi connectivity index (χ0n) is 9.87. The van der Waals surface area contributed by atoms with Crippen LogP contribution in [0.3, 0.4) is 0 Å². The SMILES string of the molecule is CCCC(=O)On1c(=O)oc(=O)c2cn(C)nc21. The van der Waals surface area contributed by atoms with Crippen LogP contribution in [0.5, 0.6) is 0 Å². The Hall–Kier alpha value is -2.38. The number of fused-ring (bicyclic) bond motifs is 1. The summed E-state index contributed by atoms with van der Waals surface area (Å²) in [7, 11) is 1.57. The number of hydrogen-bond donors (Lipinski definition) is 0. The number of carbonyl (C=O) groups excluding carboxylic acids is 1. The van der Waals surface area contributed by atoms with E-state index in [0.29, 0.717) is 11.2 Å². The van der Waals surface area contributed by atoms with Gasteiger partial charge in [0.05, 0.1) is 0 Å². The van der Waals surface area contributed by atoms with Gasteiger partial charge in [-0.25, -0.2) is 14.4 Å². The fraction of sp³-hybridized carbons (Fsp3) is 0.400. The lowest BCUT2D eigenvalue weighted by molar-refractivity contribution is -0.144. The van der Waals surface area contributed by atoms with Gasteiger partial charge >= 0.3 is 17.4 Å². The topological polar surface area (TPSA) is 96.3 Å². The third kappa shape index (κ3) is 2.04. The van der Waals surface area contributed by atoms with Crippen molar-refractivity contribution in [2.75, 3.05) is 0 Å². The molecule has 2 aromatic heterocycles. The smallest absolute Gasteiger partial charge is 0.370 e. The number of aromatic nitrogens is 3. The minimum atomic E-state index is -1.07. The molecule has 18 heavy (non-hydrogen) atoms. The van der Waals surface area contributed by atoms with Gasteiger partial charge in [-0.2, -0.15) is 5.10 Å². The van der Waals surface area contributed by atoms with Crippen LogP contribution in [-0.2, 0) is 11.8 Å². The molecule has 0 radical (unpaired) electrons. The van der Waals surface area contributed by atoms with Crippen molar-refractivity contribution in [1.82, 2.24) is 14.5 Å². The molecule has 0 unspecified atom stereocenters. The van der Waals surface area contributed by atoms with Crippen molar-refractivity contribution in [3.63, 3.8) is 0 Å². The molecule has 0 fully saturated rings. The number of rotatable bonds is 3. The Morgan fingerprint density at radius 1 is 1.50 bits per heavy atom. The zero-order chi connectivity index (χ0) is 13.3. The molecule has 2 aromatic rings. The Labute approximate surface area is 100 Å². The van der Waals surface area contributed by atoms with Gasteiger partial charge in [0.15, 0.2) is 0 Å². The number of aryl methyl sites for hydroxylation is 1. The lowest BCUT2D eigenvalue weighted by Crippen LogP contribution is -2.33. The molecule has 2 heterocycles. The normalized spacial score (nSPS) is 10.8. The standard InChI is InChI=1S/C10H11N3O5/c1-3-4-7(14)18-13-8-6(5-12(2)11-8)9(15)17-10(13)16/h5H,3-4H2,1-2H3. The highest BCUT2D eigenvalue weighted by Gasteiger charge is 2.16. The summed E-state index contributed by atoms with van der Waals surface area (Å²) < 4.78 is 6.35. The van der Waals surface area contributed by atoms with E-state index in [-0.39, 0.29) is 17.5 Å². The van der Waals surface area contributed by atoms with Crippen molar-refractivity contribution in [2.24, 2.45) is 7.05 Å². The first-order chi connectivity index (χ1) is 8.52. The van der Waals surface area contributed by atoms with Gasteiger partial charge in [-0.3, -0.25) is 4.68 Å². The third-order valence-corrected chi connectivity index (χ3v) is 2.21. The number of carbonyl (C=O) groups is 1. The molecule has 8 heteroatoms. The fourth-order valence-electron chi connectivity index (χ4n) is 1.47. The highest BCUT2D eigenvalue weighted by molar-refractivity contribution is 5.74. The summed E-state index contributed by atoms with van der Waals surface area (Å²) in [6, 6.07) is 0. The molecule has 0 aliphatic heterocycles. The quantitative estimate of drug-likeness (QED) is 0.727. The highest BCUT2D eigenvalue weighted by atomic mass is 16.7. The van der Waals surface area contributed by atoms with E-state index in [2.05, 4.69) is 9.52 Å². The van der Waals surface area contributed by atoms with E-state index in [0.717, 1.165) is 0 Å². The summed E-state index contributed by atoms with van der Waals surface area (Å²) in [4.78, 5) is 39.1. The van der Waals surface area contributed by atoms with E-state index in [1.54, 1.807) is 14.0 Å². The Balaban J connectivity index is 2.59. The maximum atomic E-state index is 11.5. The number of hydrogen-bond acceptors (Lipinski definition) is 6. The van der Waals surface area contributed by atoms with Gasteiger partial charge < -0.3 is 9.25 Å². The van der Waals surface area contributed by atoms with Gasteiger partial charge in [0.25, 0.3) is 0 Å². The summed E-state index contributed by atoms with van der Waals surface area (Å²) in [6.45, 7) is 1.80. The van der Waals surface area contributed by atoms with Crippen LogP contribution in [0.15, 0.2) is 20.2 Å². The van der Waals surface area contributed by atoms with Crippen molar-refractivity contribution >= 4 is 17.0 Å². The van der Waals surface area contributed by atoms with E-state index in [9.17, 15) is 14.4 Å². The van der Waals surface area contributed by atoms with Crippen LogP contribution in [0, 0.1) is 0 Å². The van der Waals surface area contributed by atoms with Crippen LogP contribution in [0.4, 0.5) is 0 Å². The van der Waals surface area contributed by atoms with Crippen LogP contribution in [0.25, 0.3) is 11.0 Å². The summed E-state index contributed by atoms with van der Waals surface area (Å²) in [5.74, 6) is -1.67. The van der Waals surface area contributed by atoms with Gasteiger partial charge in [0.2, 0.25) is 5.65 Å². The summed E-state index contributed by atoms with van der Waals surface area (Å²) in [6.07, 6.45) is 2.11. The molecule has 0 aliphatic rings. The van der Waals surface area contributed by atoms with Gasteiger partial charge in [-0.1, -0.05) is 11.7 Å². The Bertz CT molecular complexity index is 708. The average molecular weight is 253 g/mol. The van der Waals surface area contributed by atoms with E-state index < -0.39 is 17.4 Å². The molecule has 96 valence electrons. The minimum Gasteiger partial charge on any atom is -0.370 e. The molecular formula is C10H11N3O5. The second kappa shape index (κ2) is 4.47. The Kier molecular flexibility index (Phi) is 3.00. The van der Waals surface area contributed by atoms with Gasteiger partial charge in [0, 0.05) is 19.7 Å². The fourth-order valence-corrected chi connectivity index (χ4v) is 1.47. The monoisotopic (exact) mass is 253 g/mol. The lowest BCUT2D eigenvalue weighted by Gasteiger charge is -2.03. The molecule has 0 saturated carbocycles. The van der Waals surface area contributed by atoms with Crippen molar-refractivity contribution in [1.29, 1.82) is 0 Å². The molecule has 0 N–H and O–H groups in total. The average Bonchev–Trinajstić information content (AvgIpc) is 2.67. The molecule has 0 amide bonds. The zero-order valence-corrected chi connectivity index (χ0v) is 9.87. The second-order valence-corrected chi connectivity index (χ2v) is 3.70. The summed E-state index contributed by atoms with van der Waals surface area (Å²) in [5, 5.41) is 3.96. The lowest BCUT2D eigenvalue weighted by atomic mass is 10.3. The number of nitrogens with zero attached hydrogens (tertiary/aromatic N) is 3. The largest absolute Gasteiger partial charge is 0.457 e. The van der Waals surface area contributed by atoms with Crippen molar-refractivity contribution < 1.29 is 14.0 Å². The Morgan fingerprint density at radius 2 is 2.22 bits per heavy atom. The van der Waals surface area contributed by atoms with Crippen molar-refractivity contribution in [3.05, 3.63) is 27.2 Å². The first-order valence-corrected chi connectivity index (χ1v) is 5.33. The minimum absolute atomic E-state index is 0.0387. The summed E-state index contributed by atoms with van der Waals surface area (Å²) in [5.41, 5.74) is -0.853. The van der Waals surface area contributed by atoms with Crippen molar-refractivity contribution in [3.8, 4) is 0 Å². The first-order valence-electron chi connectivity index (χ1n) is 5.33. The van der Waals surface area contributed by atoms with E-state index in [4.69, 9.17) is 4.84 Å². The molecule has 0 aromatic carbocycles. The molecule has 8 nitrogen and oxygen atoms in total. The summed E-state index contributed by atoms with van der Waals surface area (Å²) >= 11 is 0. The Morgan fingerprint density at radius 3 is 2.89 bits per heavy atom. The highest BCUT2D eigenvalue weighted by Crippen LogP contribution is 2.03. The van der Waals surface area contributed by atoms with Crippen LogP contribution in [0.1, 0.15) is 19.8 Å². The molecule has 0 bridgehead atoms. The maximum absolute atomic E-state index is 11.5. The molecular weight excluding hydrogens is 242 g/mol. The van der Waals surface area contributed by atoms with Gasteiger partial charge in [-0.05, 0) is 6.42 Å². The molecule has 0 saturated heterocycles. The molecule has 0 spiro atoms. The predicted molar refractivity (Wildman–Crippen MR) is 60.0 cm³/mol.